The number of nitrogen functional groups attached to an aromatic ring is 1. The lowest BCUT2D eigenvalue weighted by Gasteiger charge is -2.35. The summed E-state index contributed by atoms with van der Waals surface area (Å²) in [5.41, 5.74) is 15.2. The topological polar surface area (TPSA) is 119 Å². The molecule has 1 amide bonds. The predicted octanol–water partition coefficient (Wildman–Crippen LogP) is 3.88. The molecular formula is C24H26F2N6O2S. The molecule has 5 rings (SSSR count). The quantitative estimate of drug-likeness (QED) is 0.486. The zero-order chi connectivity index (χ0) is 24.7. The van der Waals surface area contributed by atoms with Crippen LogP contribution in [0.2, 0.25) is 0 Å². The van der Waals surface area contributed by atoms with Crippen molar-refractivity contribution in [1.82, 2.24) is 9.97 Å². The number of benzene rings is 1. The molecule has 1 saturated heterocycles. The van der Waals surface area contributed by atoms with Crippen LogP contribution in [0.25, 0.3) is 10.6 Å². The summed E-state index contributed by atoms with van der Waals surface area (Å²) in [5, 5.41) is 2.95. The van der Waals surface area contributed by atoms with Gasteiger partial charge in [0.2, 0.25) is 0 Å². The van der Waals surface area contributed by atoms with E-state index < -0.39 is 17.5 Å². The number of ether oxygens (including phenoxy) is 1. The highest BCUT2D eigenvalue weighted by atomic mass is 32.1. The molecule has 2 atom stereocenters. The summed E-state index contributed by atoms with van der Waals surface area (Å²) >= 11 is 0.857. The SMILES string of the molecule is CO[C@H]1CCc2c1ncc(NC(=O)c1nc(-c3c(F)cccc3F)sc1N)c2N1CCC[C@H](N)C1. The second kappa shape index (κ2) is 9.48. The number of halogens is 2. The Kier molecular flexibility index (Phi) is 6.39. The van der Waals surface area contributed by atoms with E-state index in [1.165, 1.54) is 6.07 Å². The third-order valence-electron chi connectivity index (χ3n) is 6.50. The molecule has 8 nitrogen and oxygen atoms in total. The van der Waals surface area contributed by atoms with Crippen molar-refractivity contribution in [3.8, 4) is 10.6 Å². The molecule has 35 heavy (non-hydrogen) atoms. The van der Waals surface area contributed by atoms with Crippen LogP contribution in [0, 0.1) is 11.6 Å². The van der Waals surface area contributed by atoms with Gasteiger partial charge in [0.25, 0.3) is 5.91 Å². The Labute approximate surface area is 205 Å². The van der Waals surface area contributed by atoms with Crippen molar-refractivity contribution in [2.45, 2.75) is 37.8 Å². The number of thiazole rings is 1. The van der Waals surface area contributed by atoms with Crippen molar-refractivity contribution < 1.29 is 18.3 Å². The van der Waals surface area contributed by atoms with Gasteiger partial charge in [-0.3, -0.25) is 9.78 Å². The highest BCUT2D eigenvalue weighted by Gasteiger charge is 2.32. The van der Waals surface area contributed by atoms with E-state index in [1.54, 1.807) is 13.3 Å². The first kappa shape index (κ1) is 23.6. The van der Waals surface area contributed by atoms with Gasteiger partial charge in [-0.2, -0.15) is 0 Å². The molecule has 0 unspecified atom stereocenters. The number of hydrogen-bond acceptors (Lipinski definition) is 8. The fourth-order valence-corrected chi connectivity index (χ4v) is 5.75. The number of pyridine rings is 1. The van der Waals surface area contributed by atoms with Crippen molar-refractivity contribution in [2.75, 3.05) is 36.1 Å². The Balaban J connectivity index is 1.50. The Morgan fingerprint density at radius 3 is 2.77 bits per heavy atom. The number of amides is 1. The van der Waals surface area contributed by atoms with E-state index in [4.69, 9.17) is 16.2 Å². The lowest BCUT2D eigenvalue weighted by molar-refractivity contribution is 0.102. The number of aromatic nitrogens is 2. The molecule has 1 aliphatic heterocycles. The third kappa shape index (κ3) is 4.35. The number of carbonyl (C=O) groups is 1. The van der Waals surface area contributed by atoms with E-state index in [0.29, 0.717) is 12.2 Å². The minimum atomic E-state index is -0.773. The van der Waals surface area contributed by atoms with Crippen LogP contribution < -0.4 is 21.7 Å². The fourth-order valence-electron chi connectivity index (χ4n) is 4.87. The second-order valence-corrected chi connectivity index (χ2v) is 9.81. The van der Waals surface area contributed by atoms with Crippen LogP contribution in [0.15, 0.2) is 24.4 Å². The van der Waals surface area contributed by atoms with Crippen molar-refractivity contribution in [3.05, 3.63) is 53.0 Å². The highest BCUT2D eigenvalue weighted by molar-refractivity contribution is 7.19. The molecule has 0 radical (unpaired) electrons. The lowest BCUT2D eigenvalue weighted by atomic mass is 10.0. The van der Waals surface area contributed by atoms with Crippen molar-refractivity contribution in [1.29, 1.82) is 0 Å². The van der Waals surface area contributed by atoms with E-state index in [9.17, 15) is 13.6 Å². The molecule has 0 saturated carbocycles. The lowest BCUT2D eigenvalue weighted by Crippen LogP contribution is -2.43. The summed E-state index contributed by atoms with van der Waals surface area (Å²) < 4.78 is 34.1. The number of nitrogens with zero attached hydrogens (tertiary/aromatic N) is 3. The molecule has 3 heterocycles. The molecule has 2 aromatic heterocycles. The summed E-state index contributed by atoms with van der Waals surface area (Å²) in [6.07, 6.45) is 4.97. The summed E-state index contributed by atoms with van der Waals surface area (Å²) in [6.45, 7) is 1.47. The highest BCUT2D eigenvalue weighted by Crippen LogP contribution is 2.42. The first-order chi connectivity index (χ1) is 16.9. The summed E-state index contributed by atoms with van der Waals surface area (Å²) in [6, 6.07) is 3.56. The molecule has 5 N–H and O–H groups in total. The molecule has 184 valence electrons. The standard InChI is InChI=1S/C24H26F2N6O2S/c1-34-17-8-7-13-19(17)29-10-16(21(13)32-9-3-4-12(27)11-32)30-23(33)20-22(28)35-24(31-20)18-14(25)5-2-6-15(18)26/h2,5-6,10,12,17H,3-4,7-9,11,27-28H2,1H3,(H,30,33)/t12-,17-/m0/s1. The maximum Gasteiger partial charge on any atom is 0.277 e. The van der Waals surface area contributed by atoms with Gasteiger partial charge in [-0.1, -0.05) is 17.4 Å². The normalized spacial score (nSPS) is 19.6. The average Bonchev–Trinajstić information content (AvgIpc) is 3.42. The van der Waals surface area contributed by atoms with Gasteiger partial charge < -0.3 is 26.4 Å². The number of piperidine rings is 1. The van der Waals surface area contributed by atoms with Gasteiger partial charge in [-0.25, -0.2) is 13.8 Å². The number of methoxy groups -OCH3 is 1. The number of rotatable bonds is 5. The van der Waals surface area contributed by atoms with E-state index >= 15 is 0 Å². The van der Waals surface area contributed by atoms with E-state index in [0.717, 1.165) is 72.6 Å². The number of nitrogens with two attached hydrogens (primary N) is 2. The van der Waals surface area contributed by atoms with Gasteiger partial charge in [-0.15, -0.1) is 0 Å². The van der Waals surface area contributed by atoms with Gasteiger partial charge in [0.1, 0.15) is 21.6 Å². The van der Waals surface area contributed by atoms with E-state index in [2.05, 4.69) is 20.2 Å². The Morgan fingerprint density at radius 1 is 1.29 bits per heavy atom. The monoisotopic (exact) mass is 500 g/mol. The molecule has 3 aromatic rings. The molecule has 11 heteroatoms. The maximum absolute atomic E-state index is 14.3. The first-order valence-corrected chi connectivity index (χ1v) is 12.3. The summed E-state index contributed by atoms with van der Waals surface area (Å²) in [4.78, 5) is 24.2. The first-order valence-electron chi connectivity index (χ1n) is 11.4. The van der Waals surface area contributed by atoms with Crippen LogP contribution in [0.5, 0.6) is 0 Å². The third-order valence-corrected chi connectivity index (χ3v) is 7.40. The van der Waals surface area contributed by atoms with Crippen LogP contribution in [-0.4, -0.2) is 42.1 Å². The van der Waals surface area contributed by atoms with Crippen molar-refractivity contribution in [3.63, 3.8) is 0 Å². The molecule has 2 aliphatic rings. The zero-order valence-corrected chi connectivity index (χ0v) is 20.0. The molecule has 0 spiro atoms. The molecular weight excluding hydrogens is 474 g/mol. The molecule has 1 aromatic carbocycles. The van der Waals surface area contributed by atoms with Gasteiger partial charge in [0.15, 0.2) is 5.69 Å². The van der Waals surface area contributed by atoms with Crippen molar-refractivity contribution in [2.24, 2.45) is 5.73 Å². The van der Waals surface area contributed by atoms with Crippen LogP contribution in [0.4, 0.5) is 25.2 Å². The molecule has 1 aliphatic carbocycles. The minimum Gasteiger partial charge on any atom is -0.389 e. The Morgan fingerprint density at radius 2 is 2.06 bits per heavy atom. The predicted molar refractivity (Wildman–Crippen MR) is 132 cm³/mol. The van der Waals surface area contributed by atoms with Crippen molar-refractivity contribution >= 4 is 33.6 Å². The number of carbonyl (C=O) groups excluding carboxylic acids is 1. The maximum atomic E-state index is 14.3. The van der Waals surface area contributed by atoms with Crippen LogP contribution in [0.3, 0.4) is 0 Å². The average molecular weight is 501 g/mol. The smallest absolute Gasteiger partial charge is 0.277 e. The fraction of sp³-hybridized carbons (Fsp3) is 0.375. The Bertz CT molecular complexity index is 1260. The minimum absolute atomic E-state index is 0.000456. The summed E-state index contributed by atoms with van der Waals surface area (Å²) in [5.74, 6) is -2.12. The van der Waals surface area contributed by atoms with Gasteiger partial charge in [0.05, 0.1) is 34.9 Å². The molecule has 1 fully saturated rings. The van der Waals surface area contributed by atoms with E-state index in [1.807, 2.05) is 0 Å². The summed E-state index contributed by atoms with van der Waals surface area (Å²) in [7, 11) is 1.66. The number of fused-ring (bicyclic) bond motifs is 1. The van der Waals surface area contributed by atoms with Crippen LogP contribution in [0.1, 0.15) is 47.1 Å². The number of hydrogen-bond donors (Lipinski definition) is 3. The largest absolute Gasteiger partial charge is 0.389 e. The number of nitrogens with one attached hydrogen (secondary N) is 1. The zero-order valence-electron chi connectivity index (χ0n) is 19.2. The Hall–Kier alpha value is -3.15. The van der Waals surface area contributed by atoms with Crippen LogP contribution >= 0.6 is 11.3 Å². The van der Waals surface area contributed by atoms with Gasteiger partial charge in [0, 0.05) is 31.8 Å². The molecule has 0 bridgehead atoms. The second-order valence-electron chi connectivity index (χ2n) is 8.78. The van der Waals surface area contributed by atoms with E-state index in [-0.39, 0.29) is 33.4 Å². The van der Waals surface area contributed by atoms with Crippen LogP contribution in [-0.2, 0) is 11.2 Å². The van der Waals surface area contributed by atoms with Gasteiger partial charge >= 0.3 is 0 Å². The van der Waals surface area contributed by atoms with Gasteiger partial charge in [-0.05, 0) is 37.8 Å². The number of anilines is 3.